The van der Waals surface area contributed by atoms with Gasteiger partial charge in [0.2, 0.25) is 0 Å². The van der Waals surface area contributed by atoms with Crippen LogP contribution in [0.15, 0.2) is 0 Å². The molecule has 2 unspecified atom stereocenters. The monoisotopic (exact) mass is 656 g/mol. The van der Waals surface area contributed by atoms with Gasteiger partial charge in [-0.15, -0.1) is 0 Å². The van der Waals surface area contributed by atoms with Crippen LogP contribution in [0.3, 0.4) is 0 Å². The molecular weight excluding hydrogens is 587 g/mol. The average Bonchev–Trinajstić information content (AvgIpc) is 2.95. The van der Waals surface area contributed by atoms with Crippen molar-refractivity contribution >= 4 is 11.9 Å². The van der Waals surface area contributed by atoms with Gasteiger partial charge < -0.3 is 30.0 Å². The molecule has 0 saturated carbocycles. The van der Waals surface area contributed by atoms with Crippen molar-refractivity contribution in [3.05, 3.63) is 0 Å². The number of unbranched alkanes of at least 4 members (excludes halogenated alkanes) is 20. The van der Waals surface area contributed by atoms with Gasteiger partial charge in [0.15, 0.2) is 0 Å². The van der Waals surface area contributed by atoms with Crippen LogP contribution in [0.25, 0.3) is 0 Å². The fraction of sp³-hybridized carbons (Fsp3) is 0.944. The molecule has 7 heteroatoms. The van der Waals surface area contributed by atoms with Gasteiger partial charge in [0, 0.05) is 11.9 Å². The summed E-state index contributed by atoms with van der Waals surface area (Å²) in [5.41, 5.74) is 0. The van der Waals surface area contributed by atoms with Gasteiger partial charge in [0.05, 0.1) is 12.2 Å². The fourth-order valence-corrected chi connectivity index (χ4v) is 5.32. The molecule has 6 nitrogen and oxygen atoms in total. The third-order valence-corrected chi connectivity index (χ3v) is 8.12. The molecule has 0 aromatic heterocycles. The molecule has 0 heterocycles. The smallest absolute Gasteiger partial charge is 0.550 e. The predicted octanol–water partition coefficient (Wildman–Crippen LogP) is 7.93. The van der Waals surface area contributed by atoms with Crippen LogP contribution in [0, 0.1) is 0 Å². The molecule has 2 atom stereocenters. The Hall–Kier alpha value is -0.646. The topological polar surface area (TPSA) is 121 Å². The molecular formula is C36H70NiO6. The summed E-state index contributed by atoms with van der Waals surface area (Å²) in [5.74, 6) is -1.86. The standard InChI is InChI=1S/2C18H36O3.Ni/c2*1-2-3-4-11-14-17(19)15-12-9-7-5-6-8-10-13-16-18(20)21;/h2*17,19H,2-16H2,1H3,(H,20,21);/q;;+2/p-2. The molecule has 0 spiro atoms. The SMILES string of the molecule is CCCCCCC(O)CCCCCCCCCCC(=O)[O-].CCCCCCC(O)CCCCCCCCCCC(=O)[O-].[Ni+2]. The van der Waals surface area contributed by atoms with Crippen LogP contribution in [0.4, 0.5) is 0 Å². The molecule has 0 fully saturated rings. The minimum absolute atomic E-state index is 0. The molecule has 0 saturated heterocycles. The maximum atomic E-state index is 10.2. The van der Waals surface area contributed by atoms with Crippen LogP contribution < -0.4 is 10.2 Å². The van der Waals surface area contributed by atoms with Gasteiger partial charge in [0.25, 0.3) is 0 Å². The molecule has 2 N–H and O–H groups in total. The fourth-order valence-electron chi connectivity index (χ4n) is 5.32. The zero-order valence-electron chi connectivity index (χ0n) is 28.2. The first kappa shape index (κ1) is 46.8. The quantitative estimate of drug-likeness (QED) is 0.0560. The third-order valence-electron chi connectivity index (χ3n) is 8.12. The zero-order chi connectivity index (χ0) is 31.5. The van der Waals surface area contributed by atoms with Crippen molar-refractivity contribution in [3.8, 4) is 0 Å². The number of carboxylic acid groups (broad SMARTS) is 2. The molecule has 260 valence electrons. The average molecular weight is 658 g/mol. The second kappa shape index (κ2) is 39.4. The number of hydrogen-bond acceptors (Lipinski definition) is 6. The van der Waals surface area contributed by atoms with E-state index in [0.717, 1.165) is 77.0 Å². The zero-order valence-corrected chi connectivity index (χ0v) is 29.2. The van der Waals surface area contributed by atoms with Crippen LogP contribution in [0.5, 0.6) is 0 Å². The maximum absolute atomic E-state index is 10.2. The Balaban J connectivity index is -0.000000727. The van der Waals surface area contributed by atoms with Crippen molar-refractivity contribution in [2.24, 2.45) is 0 Å². The minimum Gasteiger partial charge on any atom is -0.550 e. The van der Waals surface area contributed by atoms with Crippen molar-refractivity contribution in [2.75, 3.05) is 0 Å². The summed E-state index contributed by atoms with van der Waals surface area (Å²) in [6.07, 6.45) is 31.8. The molecule has 0 aliphatic carbocycles. The molecule has 0 aromatic rings. The van der Waals surface area contributed by atoms with Crippen molar-refractivity contribution in [1.82, 2.24) is 0 Å². The summed E-state index contributed by atoms with van der Waals surface area (Å²) in [4.78, 5) is 20.5. The Kier molecular flexibility index (Phi) is 42.8. The van der Waals surface area contributed by atoms with Gasteiger partial charge in [-0.25, -0.2) is 0 Å². The van der Waals surface area contributed by atoms with Crippen LogP contribution in [0.1, 0.15) is 206 Å². The van der Waals surface area contributed by atoms with Crippen LogP contribution in [0.2, 0.25) is 0 Å². The second-order valence-electron chi connectivity index (χ2n) is 12.5. The third kappa shape index (κ3) is 45.9. The van der Waals surface area contributed by atoms with Gasteiger partial charge in [-0.2, -0.15) is 0 Å². The Morgan fingerprint density at radius 2 is 0.628 bits per heavy atom. The molecule has 0 aromatic carbocycles. The van der Waals surface area contributed by atoms with Gasteiger partial charge in [0.1, 0.15) is 0 Å². The first-order valence-corrected chi connectivity index (χ1v) is 18.1. The van der Waals surface area contributed by atoms with Crippen molar-refractivity contribution in [3.63, 3.8) is 0 Å². The Labute approximate surface area is 276 Å². The van der Waals surface area contributed by atoms with Gasteiger partial charge in [-0.3, -0.25) is 0 Å². The molecule has 0 bridgehead atoms. The summed E-state index contributed by atoms with van der Waals surface area (Å²) < 4.78 is 0. The molecule has 0 radical (unpaired) electrons. The Morgan fingerprint density at radius 1 is 0.419 bits per heavy atom. The van der Waals surface area contributed by atoms with E-state index in [0.29, 0.717) is 0 Å². The van der Waals surface area contributed by atoms with Crippen molar-refractivity contribution in [1.29, 1.82) is 0 Å². The van der Waals surface area contributed by atoms with E-state index in [1.807, 2.05) is 0 Å². The number of carbonyl (C=O) groups is 2. The number of carbonyl (C=O) groups excluding carboxylic acids is 2. The summed E-state index contributed by atoms with van der Waals surface area (Å²) >= 11 is 0. The van der Waals surface area contributed by atoms with E-state index < -0.39 is 11.9 Å². The maximum Gasteiger partial charge on any atom is 2.00 e. The first-order valence-electron chi connectivity index (χ1n) is 18.1. The van der Waals surface area contributed by atoms with E-state index in [2.05, 4.69) is 13.8 Å². The number of aliphatic hydroxyl groups excluding tert-OH is 2. The van der Waals surface area contributed by atoms with Gasteiger partial charge in [-0.05, 0) is 51.4 Å². The van der Waals surface area contributed by atoms with E-state index >= 15 is 0 Å². The number of carboxylic acids is 2. The minimum atomic E-state index is -0.928. The first-order chi connectivity index (χ1) is 20.3. The van der Waals surface area contributed by atoms with Gasteiger partial charge >= 0.3 is 16.5 Å². The molecule has 0 aliphatic rings. The summed E-state index contributed by atoms with van der Waals surface area (Å²) in [6, 6.07) is 0. The van der Waals surface area contributed by atoms with Crippen LogP contribution in [-0.4, -0.2) is 34.4 Å². The van der Waals surface area contributed by atoms with E-state index in [1.165, 1.54) is 103 Å². The van der Waals surface area contributed by atoms with Crippen LogP contribution in [-0.2, 0) is 26.1 Å². The van der Waals surface area contributed by atoms with E-state index in [4.69, 9.17) is 0 Å². The molecule has 43 heavy (non-hydrogen) atoms. The predicted molar refractivity (Wildman–Crippen MR) is 172 cm³/mol. The number of rotatable bonds is 32. The summed E-state index contributed by atoms with van der Waals surface area (Å²) in [6.45, 7) is 4.42. The second-order valence-corrected chi connectivity index (χ2v) is 12.5. The van der Waals surface area contributed by atoms with Crippen molar-refractivity contribution < 1.29 is 46.5 Å². The van der Waals surface area contributed by atoms with E-state index in [9.17, 15) is 30.0 Å². The van der Waals surface area contributed by atoms with Gasteiger partial charge in [-0.1, -0.05) is 155 Å². The van der Waals surface area contributed by atoms with E-state index in [-0.39, 0.29) is 41.5 Å². The van der Waals surface area contributed by atoms with Crippen molar-refractivity contribution in [2.45, 2.75) is 219 Å². The van der Waals surface area contributed by atoms with E-state index in [1.54, 1.807) is 0 Å². The Morgan fingerprint density at radius 3 is 0.860 bits per heavy atom. The largest absolute Gasteiger partial charge is 2.00 e. The normalized spacial score (nSPS) is 12.2. The Bertz CT molecular complexity index is 512. The molecule has 0 amide bonds. The molecule has 0 aliphatic heterocycles. The number of aliphatic hydroxyl groups is 2. The number of hydrogen-bond donors (Lipinski definition) is 2. The summed E-state index contributed by atoms with van der Waals surface area (Å²) in [5, 5.41) is 40.1. The molecule has 0 rings (SSSR count). The van der Waals surface area contributed by atoms with Crippen LogP contribution >= 0.6 is 0 Å². The number of aliphatic carboxylic acids is 2. The summed E-state index contributed by atoms with van der Waals surface area (Å²) in [7, 11) is 0.